The lowest BCUT2D eigenvalue weighted by Crippen LogP contribution is -2.52. The van der Waals surface area contributed by atoms with Gasteiger partial charge in [-0.2, -0.15) is 0 Å². The van der Waals surface area contributed by atoms with Gasteiger partial charge in [0.1, 0.15) is 6.04 Å². The van der Waals surface area contributed by atoms with Crippen molar-refractivity contribution in [3.05, 3.63) is 0 Å². The van der Waals surface area contributed by atoms with Crippen LogP contribution in [0.15, 0.2) is 0 Å². The third kappa shape index (κ3) is 3.17. The van der Waals surface area contributed by atoms with Gasteiger partial charge in [-0.1, -0.05) is 0 Å². The van der Waals surface area contributed by atoms with E-state index in [1.54, 1.807) is 0 Å². The molecule has 0 aromatic rings. The number of nitrogens with one attached hydrogen (secondary N) is 2. The molecule has 5 N–H and O–H groups in total. The van der Waals surface area contributed by atoms with Gasteiger partial charge in [-0.25, -0.2) is 0 Å². The number of hydrogen-bond donors (Lipinski definition) is 4. The average molecular weight is 215 g/mol. The van der Waals surface area contributed by atoms with Crippen LogP contribution in [0.25, 0.3) is 0 Å². The van der Waals surface area contributed by atoms with Crippen molar-refractivity contribution in [2.45, 2.75) is 25.5 Å². The second-order valence-corrected chi connectivity index (χ2v) is 3.82. The molecular weight excluding hydrogens is 198 g/mol. The Morgan fingerprint density at radius 1 is 1.60 bits per heavy atom. The van der Waals surface area contributed by atoms with E-state index in [1.165, 1.54) is 6.92 Å². The van der Waals surface area contributed by atoms with E-state index in [0.717, 1.165) is 13.0 Å². The highest BCUT2D eigenvalue weighted by molar-refractivity contribution is 5.88. The van der Waals surface area contributed by atoms with Crippen LogP contribution in [0, 0.1) is 5.92 Å². The molecule has 0 unspecified atom stereocenters. The topological polar surface area (TPSA) is 104 Å². The van der Waals surface area contributed by atoms with E-state index in [-0.39, 0.29) is 11.8 Å². The van der Waals surface area contributed by atoms with Crippen molar-refractivity contribution in [2.75, 3.05) is 13.1 Å². The Labute approximate surface area is 88.2 Å². The summed E-state index contributed by atoms with van der Waals surface area (Å²) in [5, 5.41) is 14.7. The molecule has 1 aliphatic heterocycles. The first-order chi connectivity index (χ1) is 7.02. The van der Waals surface area contributed by atoms with Crippen molar-refractivity contribution in [1.82, 2.24) is 10.6 Å². The lowest BCUT2D eigenvalue weighted by atomic mass is 10.1. The monoisotopic (exact) mass is 215 g/mol. The van der Waals surface area contributed by atoms with Crippen LogP contribution < -0.4 is 16.4 Å². The van der Waals surface area contributed by atoms with Gasteiger partial charge in [-0.15, -0.1) is 0 Å². The normalized spacial score (nSPS) is 24.5. The highest BCUT2D eigenvalue weighted by Crippen LogP contribution is 2.08. The van der Waals surface area contributed by atoms with Crippen LogP contribution in [0.2, 0.25) is 0 Å². The van der Waals surface area contributed by atoms with E-state index in [0.29, 0.717) is 6.54 Å². The van der Waals surface area contributed by atoms with E-state index < -0.39 is 18.1 Å². The van der Waals surface area contributed by atoms with Crippen LogP contribution in [-0.4, -0.2) is 42.2 Å². The highest BCUT2D eigenvalue weighted by Gasteiger charge is 2.28. The SMILES string of the molecule is C[C@@H](O)[C@H](NC(=O)[C@H]1CCNC1)C(N)=O. The summed E-state index contributed by atoms with van der Waals surface area (Å²) < 4.78 is 0. The molecule has 1 heterocycles. The standard InChI is InChI=1S/C9H17N3O3/c1-5(13)7(8(10)14)12-9(15)6-2-3-11-4-6/h5-7,11,13H,2-4H2,1H3,(H2,10,14)(H,12,15)/t5-,6+,7+/m1/s1. The molecule has 0 saturated carbocycles. The van der Waals surface area contributed by atoms with E-state index in [1.807, 2.05) is 0 Å². The average Bonchev–Trinajstić information content (AvgIpc) is 2.65. The van der Waals surface area contributed by atoms with Crippen molar-refractivity contribution < 1.29 is 14.7 Å². The van der Waals surface area contributed by atoms with E-state index >= 15 is 0 Å². The summed E-state index contributed by atoms with van der Waals surface area (Å²) in [4.78, 5) is 22.5. The molecule has 0 aliphatic carbocycles. The third-order valence-electron chi connectivity index (χ3n) is 2.52. The Morgan fingerprint density at radius 3 is 2.67 bits per heavy atom. The summed E-state index contributed by atoms with van der Waals surface area (Å²) in [6, 6.07) is -1.00. The maximum atomic E-state index is 11.6. The van der Waals surface area contributed by atoms with Crippen LogP contribution in [0.3, 0.4) is 0 Å². The molecule has 15 heavy (non-hydrogen) atoms. The van der Waals surface area contributed by atoms with E-state index in [9.17, 15) is 14.7 Å². The molecule has 1 fully saturated rings. The largest absolute Gasteiger partial charge is 0.391 e. The molecule has 1 aliphatic rings. The van der Waals surface area contributed by atoms with Crippen LogP contribution in [0.4, 0.5) is 0 Å². The second kappa shape index (κ2) is 5.09. The number of aliphatic hydroxyl groups excluding tert-OH is 1. The van der Waals surface area contributed by atoms with Gasteiger partial charge in [-0.05, 0) is 19.9 Å². The van der Waals surface area contributed by atoms with Gasteiger partial charge in [-0.3, -0.25) is 9.59 Å². The van der Waals surface area contributed by atoms with Crippen LogP contribution in [0.1, 0.15) is 13.3 Å². The zero-order valence-electron chi connectivity index (χ0n) is 8.69. The number of carbonyl (C=O) groups is 2. The Balaban J connectivity index is 2.50. The predicted octanol–water partition coefficient (Wildman–Crippen LogP) is -2.05. The maximum Gasteiger partial charge on any atom is 0.242 e. The van der Waals surface area contributed by atoms with Crippen molar-refractivity contribution >= 4 is 11.8 Å². The summed E-state index contributed by atoms with van der Waals surface area (Å²) >= 11 is 0. The summed E-state index contributed by atoms with van der Waals surface area (Å²) in [6.45, 7) is 2.83. The molecule has 1 rings (SSSR count). The minimum absolute atomic E-state index is 0.134. The van der Waals surface area contributed by atoms with Crippen LogP contribution in [-0.2, 0) is 9.59 Å². The first-order valence-electron chi connectivity index (χ1n) is 5.01. The third-order valence-corrected chi connectivity index (χ3v) is 2.52. The molecule has 0 spiro atoms. The molecule has 0 radical (unpaired) electrons. The summed E-state index contributed by atoms with van der Waals surface area (Å²) in [5.74, 6) is -1.08. The number of aliphatic hydroxyl groups is 1. The molecule has 6 heteroatoms. The quantitative estimate of drug-likeness (QED) is 0.433. The first-order valence-corrected chi connectivity index (χ1v) is 5.01. The van der Waals surface area contributed by atoms with E-state index in [4.69, 9.17) is 5.73 Å². The number of hydrogen-bond acceptors (Lipinski definition) is 4. The maximum absolute atomic E-state index is 11.6. The highest BCUT2D eigenvalue weighted by atomic mass is 16.3. The molecule has 6 nitrogen and oxygen atoms in total. The molecule has 0 aromatic heterocycles. The molecule has 2 amide bonds. The number of rotatable bonds is 4. The van der Waals surface area contributed by atoms with Gasteiger partial charge in [0.05, 0.1) is 12.0 Å². The molecule has 86 valence electrons. The number of primary amides is 1. The smallest absolute Gasteiger partial charge is 0.242 e. The van der Waals surface area contributed by atoms with E-state index in [2.05, 4.69) is 10.6 Å². The second-order valence-electron chi connectivity index (χ2n) is 3.82. The zero-order valence-corrected chi connectivity index (χ0v) is 8.69. The fourth-order valence-corrected chi connectivity index (χ4v) is 1.58. The fraction of sp³-hybridized carbons (Fsp3) is 0.778. The molecular formula is C9H17N3O3. The van der Waals surface area contributed by atoms with Crippen LogP contribution >= 0.6 is 0 Å². The number of carbonyl (C=O) groups excluding carboxylic acids is 2. The molecule has 0 aromatic carbocycles. The Hall–Kier alpha value is -1.14. The van der Waals surface area contributed by atoms with Crippen LogP contribution in [0.5, 0.6) is 0 Å². The number of amides is 2. The van der Waals surface area contributed by atoms with Gasteiger partial charge in [0.2, 0.25) is 11.8 Å². The lowest BCUT2D eigenvalue weighted by molar-refractivity contribution is -0.131. The first kappa shape index (κ1) is 11.9. The van der Waals surface area contributed by atoms with Gasteiger partial charge < -0.3 is 21.5 Å². The van der Waals surface area contributed by atoms with Crippen molar-refractivity contribution in [1.29, 1.82) is 0 Å². The predicted molar refractivity (Wildman–Crippen MR) is 53.8 cm³/mol. The van der Waals surface area contributed by atoms with Crippen molar-refractivity contribution in [3.63, 3.8) is 0 Å². The van der Waals surface area contributed by atoms with Gasteiger partial charge in [0, 0.05) is 6.54 Å². The summed E-state index contributed by atoms with van der Waals surface area (Å²) in [6.07, 6.45) is -0.224. The lowest BCUT2D eigenvalue weighted by Gasteiger charge is -2.19. The minimum atomic E-state index is -1.00. The van der Waals surface area contributed by atoms with Gasteiger partial charge >= 0.3 is 0 Å². The van der Waals surface area contributed by atoms with Crippen molar-refractivity contribution in [2.24, 2.45) is 11.7 Å². The Kier molecular flexibility index (Phi) is 4.05. The zero-order chi connectivity index (χ0) is 11.4. The van der Waals surface area contributed by atoms with Gasteiger partial charge in [0.25, 0.3) is 0 Å². The Bertz CT molecular complexity index is 249. The summed E-state index contributed by atoms with van der Waals surface area (Å²) in [7, 11) is 0. The minimum Gasteiger partial charge on any atom is -0.391 e. The number of nitrogens with two attached hydrogens (primary N) is 1. The molecule has 3 atom stereocenters. The van der Waals surface area contributed by atoms with Crippen molar-refractivity contribution in [3.8, 4) is 0 Å². The summed E-state index contributed by atoms with van der Waals surface area (Å²) in [5.41, 5.74) is 5.06. The molecule has 0 bridgehead atoms. The fourth-order valence-electron chi connectivity index (χ4n) is 1.58. The Morgan fingerprint density at radius 2 is 2.27 bits per heavy atom. The van der Waals surface area contributed by atoms with Gasteiger partial charge in [0.15, 0.2) is 0 Å². The molecule has 1 saturated heterocycles.